The van der Waals surface area contributed by atoms with Gasteiger partial charge in [0.25, 0.3) is 11.8 Å². The third-order valence-electron chi connectivity index (χ3n) is 10.2. The van der Waals surface area contributed by atoms with Gasteiger partial charge in [-0.1, -0.05) is 0 Å². The minimum absolute atomic E-state index is 0.0957. The average Bonchev–Trinajstić information content (AvgIpc) is 3.59. The Labute approximate surface area is 283 Å². The Kier molecular flexibility index (Phi) is 8.06. The topological polar surface area (TPSA) is 152 Å². The second kappa shape index (κ2) is 12.7. The van der Waals surface area contributed by atoms with E-state index in [0.29, 0.717) is 12.0 Å². The molecule has 0 spiro atoms. The van der Waals surface area contributed by atoms with Crippen molar-refractivity contribution in [2.75, 3.05) is 43.1 Å². The van der Waals surface area contributed by atoms with Gasteiger partial charge in [-0.15, -0.1) is 0 Å². The number of fused-ring (bicyclic) bond motifs is 2. The molecule has 13 nitrogen and oxygen atoms in total. The lowest BCUT2D eigenvalue weighted by Gasteiger charge is -2.35. The van der Waals surface area contributed by atoms with Crippen molar-refractivity contribution < 1.29 is 23.9 Å². The van der Waals surface area contributed by atoms with Crippen LogP contribution in [-0.4, -0.2) is 87.2 Å². The first-order chi connectivity index (χ1) is 23.8. The molecule has 3 fully saturated rings. The van der Waals surface area contributed by atoms with Crippen LogP contribution in [0.2, 0.25) is 0 Å². The Bertz CT molecular complexity index is 1980. The highest BCUT2D eigenvalue weighted by Gasteiger charge is 2.44. The summed E-state index contributed by atoms with van der Waals surface area (Å²) >= 11 is 0. The number of anilines is 2. The molecule has 4 aromatic rings. The molecule has 13 heteroatoms. The fourth-order valence-electron chi connectivity index (χ4n) is 7.42. The van der Waals surface area contributed by atoms with Gasteiger partial charge in [-0.25, -0.2) is 4.98 Å². The van der Waals surface area contributed by atoms with Crippen molar-refractivity contribution >= 4 is 46.0 Å². The lowest BCUT2D eigenvalue weighted by atomic mass is 9.77. The van der Waals surface area contributed by atoms with Crippen molar-refractivity contribution in [3.63, 3.8) is 0 Å². The number of benzene rings is 2. The van der Waals surface area contributed by atoms with E-state index < -0.39 is 29.7 Å². The number of hydrogen-bond acceptors (Lipinski definition) is 10. The predicted octanol–water partition coefficient (Wildman–Crippen LogP) is 3.88. The molecule has 49 heavy (non-hydrogen) atoms. The standard InChI is InChI=1S/C36H38N8O5/c1-21-28(31-19-38-29-7-5-24(18-30(29)39-31)42-11-13-49-14-12-42)20-43(41-21)25-15-22(16-25)3-2-10-37-23-4-6-26-27(17-23)36(48)44(35(26)47)32-8-9-33(45)40-34(32)46/h4-7,17-20,22,25,32,37H,2-3,8-16H2,1H3,(H,40,45,46)/t22-,25+,32?. The minimum atomic E-state index is -0.966. The summed E-state index contributed by atoms with van der Waals surface area (Å²) in [6.07, 6.45) is 8.36. The summed E-state index contributed by atoms with van der Waals surface area (Å²) in [7, 11) is 0. The number of nitrogens with zero attached hydrogens (tertiary/aromatic N) is 6. The maximum Gasteiger partial charge on any atom is 0.262 e. The number of piperidine rings is 1. The van der Waals surface area contributed by atoms with E-state index in [9.17, 15) is 19.2 Å². The number of carbonyl (C=O) groups excluding carboxylic acids is 4. The second-order valence-electron chi connectivity index (χ2n) is 13.4. The van der Waals surface area contributed by atoms with Crippen LogP contribution in [0, 0.1) is 12.8 Å². The van der Waals surface area contributed by atoms with Gasteiger partial charge in [0.2, 0.25) is 11.8 Å². The molecule has 2 N–H and O–H groups in total. The molecule has 2 aromatic heterocycles. The van der Waals surface area contributed by atoms with Gasteiger partial charge in [0.05, 0.1) is 59.0 Å². The summed E-state index contributed by atoms with van der Waals surface area (Å²) in [5, 5.41) is 10.5. The number of amides is 4. The fourth-order valence-corrected chi connectivity index (χ4v) is 7.42. The Morgan fingerprint density at radius 1 is 0.959 bits per heavy atom. The molecule has 1 atom stereocenters. The fraction of sp³-hybridized carbons (Fsp3) is 0.417. The number of rotatable bonds is 9. The van der Waals surface area contributed by atoms with Crippen LogP contribution in [0.4, 0.5) is 11.4 Å². The molecule has 0 bridgehead atoms. The van der Waals surface area contributed by atoms with Crippen LogP contribution in [0.5, 0.6) is 0 Å². The maximum absolute atomic E-state index is 13.1. The Hall–Kier alpha value is -5.17. The van der Waals surface area contributed by atoms with Crippen molar-refractivity contribution in [3.8, 4) is 11.3 Å². The number of carbonyl (C=O) groups is 4. The summed E-state index contributed by atoms with van der Waals surface area (Å²) < 4.78 is 7.60. The largest absolute Gasteiger partial charge is 0.385 e. The van der Waals surface area contributed by atoms with Crippen molar-refractivity contribution in [2.45, 2.75) is 57.5 Å². The zero-order valence-corrected chi connectivity index (χ0v) is 27.4. The van der Waals surface area contributed by atoms with Crippen LogP contribution in [-0.2, 0) is 14.3 Å². The van der Waals surface area contributed by atoms with Crippen LogP contribution < -0.4 is 15.5 Å². The number of aryl methyl sites for hydroxylation is 1. The average molecular weight is 663 g/mol. The molecular formula is C36H38N8O5. The smallest absolute Gasteiger partial charge is 0.262 e. The van der Waals surface area contributed by atoms with E-state index in [1.807, 2.05) is 19.2 Å². The molecule has 5 heterocycles. The van der Waals surface area contributed by atoms with Gasteiger partial charge in [0.1, 0.15) is 6.04 Å². The second-order valence-corrected chi connectivity index (χ2v) is 13.4. The van der Waals surface area contributed by atoms with Gasteiger partial charge in [-0.3, -0.25) is 39.1 Å². The molecule has 1 unspecified atom stereocenters. The molecule has 8 rings (SSSR count). The summed E-state index contributed by atoms with van der Waals surface area (Å²) in [5.74, 6) is -1.38. The molecule has 0 radical (unpaired) electrons. The van der Waals surface area contributed by atoms with Gasteiger partial charge in [0, 0.05) is 49.2 Å². The third-order valence-corrected chi connectivity index (χ3v) is 10.2. The number of hydrogen-bond donors (Lipinski definition) is 2. The summed E-state index contributed by atoms with van der Waals surface area (Å²) in [6, 6.07) is 10.8. The Balaban J connectivity index is 0.834. The summed E-state index contributed by atoms with van der Waals surface area (Å²) in [6.45, 7) is 5.98. The highest BCUT2D eigenvalue weighted by molar-refractivity contribution is 6.23. The van der Waals surface area contributed by atoms with E-state index >= 15 is 0 Å². The molecule has 3 aliphatic heterocycles. The van der Waals surface area contributed by atoms with E-state index in [1.54, 1.807) is 18.2 Å². The van der Waals surface area contributed by atoms with Crippen LogP contribution in [0.25, 0.3) is 22.3 Å². The molecule has 1 saturated carbocycles. The van der Waals surface area contributed by atoms with Crippen molar-refractivity contribution in [1.29, 1.82) is 0 Å². The molecular weight excluding hydrogens is 624 g/mol. The van der Waals surface area contributed by atoms with E-state index in [-0.39, 0.29) is 24.0 Å². The number of imide groups is 2. The highest BCUT2D eigenvalue weighted by Crippen LogP contribution is 2.41. The summed E-state index contributed by atoms with van der Waals surface area (Å²) in [5.41, 5.74) is 6.99. The van der Waals surface area contributed by atoms with Crippen LogP contribution in [0.3, 0.4) is 0 Å². The van der Waals surface area contributed by atoms with Gasteiger partial charge in [0.15, 0.2) is 0 Å². The van der Waals surface area contributed by atoms with Crippen LogP contribution in [0.1, 0.15) is 71.0 Å². The Morgan fingerprint density at radius 2 is 1.78 bits per heavy atom. The van der Waals surface area contributed by atoms with Gasteiger partial charge < -0.3 is 15.0 Å². The SMILES string of the molecule is Cc1nn([C@H]2C[C@@H](CCCNc3ccc4c(c3)C(=O)N(C3CCC(=O)NC3=O)C4=O)C2)cc1-c1cnc2ccc(N3CCOCC3)cc2n1. The van der Waals surface area contributed by atoms with Gasteiger partial charge in [-0.2, -0.15) is 5.10 Å². The highest BCUT2D eigenvalue weighted by atomic mass is 16.5. The van der Waals surface area contributed by atoms with Crippen LogP contribution >= 0.6 is 0 Å². The lowest BCUT2D eigenvalue weighted by molar-refractivity contribution is -0.136. The van der Waals surface area contributed by atoms with E-state index in [2.05, 4.69) is 38.5 Å². The molecule has 2 aromatic carbocycles. The molecule has 252 valence electrons. The van der Waals surface area contributed by atoms with Gasteiger partial charge >= 0.3 is 0 Å². The number of aromatic nitrogens is 4. The number of ether oxygens (including phenoxy) is 1. The monoisotopic (exact) mass is 662 g/mol. The quantitative estimate of drug-likeness (QED) is 0.200. The summed E-state index contributed by atoms with van der Waals surface area (Å²) in [4.78, 5) is 62.9. The van der Waals surface area contributed by atoms with Gasteiger partial charge in [-0.05, 0) is 81.3 Å². The van der Waals surface area contributed by atoms with Crippen molar-refractivity contribution in [3.05, 3.63) is 65.6 Å². The first-order valence-electron chi connectivity index (χ1n) is 17.1. The third kappa shape index (κ3) is 5.92. The number of nitrogens with one attached hydrogen (secondary N) is 2. The maximum atomic E-state index is 13.1. The van der Waals surface area contributed by atoms with Crippen molar-refractivity contribution in [1.82, 2.24) is 30.0 Å². The molecule has 2 saturated heterocycles. The lowest BCUT2D eigenvalue weighted by Crippen LogP contribution is -2.54. The molecule has 4 aliphatic rings. The minimum Gasteiger partial charge on any atom is -0.385 e. The molecule has 4 amide bonds. The normalized spacial score (nSPS) is 22.3. The predicted molar refractivity (Wildman–Crippen MR) is 181 cm³/mol. The molecule has 1 aliphatic carbocycles. The van der Waals surface area contributed by atoms with E-state index in [1.165, 1.54) is 0 Å². The Morgan fingerprint density at radius 3 is 2.59 bits per heavy atom. The van der Waals surface area contributed by atoms with Crippen LogP contribution in [0.15, 0.2) is 48.8 Å². The van der Waals surface area contributed by atoms with Crippen molar-refractivity contribution in [2.24, 2.45) is 5.92 Å². The zero-order valence-electron chi connectivity index (χ0n) is 27.4. The zero-order chi connectivity index (χ0) is 33.6. The number of morpholine rings is 1. The first-order valence-corrected chi connectivity index (χ1v) is 17.1. The first kappa shape index (κ1) is 31.1. The van der Waals surface area contributed by atoms with E-state index in [4.69, 9.17) is 19.8 Å². The van der Waals surface area contributed by atoms with E-state index in [0.717, 1.165) is 103 Å².